The lowest BCUT2D eigenvalue weighted by Gasteiger charge is -2.19. The minimum absolute atomic E-state index is 0.151. The van der Waals surface area contributed by atoms with Gasteiger partial charge < -0.3 is 9.84 Å². The third-order valence-corrected chi connectivity index (χ3v) is 2.07. The van der Waals surface area contributed by atoms with Crippen LogP contribution >= 0.6 is 0 Å². The molecule has 0 unspecified atom stereocenters. The first-order chi connectivity index (χ1) is 7.87. The van der Waals surface area contributed by atoms with E-state index in [2.05, 4.69) is 0 Å². The summed E-state index contributed by atoms with van der Waals surface area (Å²) in [4.78, 5) is 10.3. The summed E-state index contributed by atoms with van der Waals surface area (Å²) in [6.45, 7) is 6.59. The highest BCUT2D eigenvalue weighted by atomic mass is 16.5. The van der Waals surface area contributed by atoms with Gasteiger partial charge in [0, 0.05) is 6.08 Å². The van der Waals surface area contributed by atoms with Gasteiger partial charge in [0.05, 0.1) is 12.2 Å². The summed E-state index contributed by atoms with van der Waals surface area (Å²) < 4.78 is 5.64. The fourth-order valence-corrected chi connectivity index (χ4v) is 1.19. The van der Waals surface area contributed by atoms with Crippen LogP contribution < -0.4 is 0 Å². The van der Waals surface area contributed by atoms with Gasteiger partial charge in [0.25, 0.3) is 0 Å². The summed E-state index contributed by atoms with van der Waals surface area (Å²) in [5, 5.41) is 8.50. The number of aliphatic carboxylic acids is 1. The second-order valence-corrected chi connectivity index (χ2v) is 4.81. The number of carbonyl (C=O) groups is 1. The van der Waals surface area contributed by atoms with Gasteiger partial charge in [-0.3, -0.25) is 0 Å². The summed E-state index contributed by atoms with van der Waals surface area (Å²) in [7, 11) is 0. The molecule has 0 heterocycles. The molecular formula is C14H18O3. The second kappa shape index (κ2) is 5.64. The smallest absolute Gasteiger partial charge is 0.328 e. The average Bonchev–Trinajstić information content (AvgIpc) is 2.24. The molecule has 0 aromatic heterocycles. The van der Waals surface area contributed by atoms with Gasteiger partial charge >= 0.3 is 5.97 Å². The van der Waals surface area contributed by atoms with E-state index in [1.54, 1.807) is 6.08 Å². The minimum Gasteiger partial charge on any atom is -0.478 e. The standard InChI is InChI=1S/C14H18O3/c1-14(2,3)17-10-12-6-4-11(5-7-12)8-9-13(15)16/h4-9H,10H2,1-3H3,(H,15,16). The molecule has 0 fully saturated rings. The highest BCUT2D eigenvalue weighted by Crippen LogP contribution is 2.13. The average molecular weight is 234 g/mol. The van der Waals surface area contributed by atoms with Gasteiger partial charge in [0.1, 0.15) is 0 Å². The Morgan fingerprint density at radius 3 is 2.35 bits per heavy atom. The van der Waals surface area contributed by atoms with E-state index in [1.807, 2.05) is 45.0 Å². The number of hydrogen-bond donors (Lipinski definition) is 1. The Morgan fingerprint density at radius 2 is 1.88 bits per heavy atom. The molecule has 0 bridgehead atoms. The Kier molecular flexibility index (Phi) is 4.46. The zero-order valence-corrected chi connectivity index (χ0v) is 10.4. The first-order valence-electron chi connectivity index (χ1n) is 5.51. The van der Waals surface area contributed by atoms with Crippen LogP contribution in [0.4, 0.5) is 0 Å². The van der Waals surface area contributed by atoms with E-state index >= 15 is 0 Å². The molecule has 1 aromatic rings. The van der Waals surface area contributed by atoms with Crippen LogP contribution in [0, 0.1) is 0 Å². The lowest BCUT2D eigenvalue weighted by atomic mass is 10.1. The number of carboxylic acids is 1. The predicted octanol–water partition coefficient (Wildman–Crippen LogP) is 3.10. The summed E-state index contributed by atoms with van der Waals surface area (Å²) in [5.74, 6) is -0.940. The quantitative estimate of drug-likeness (QED) is 0.814. The van der Waals surface area contributed by atoms with Crippen molar-refractivity contribution in [2.24, 2.45) is 0 Å². The van der Waals surface area contributed by atoms with Gasteiger partial charge in [-0.25, -0.2) is 4.79 Å². The van der Waals surface area contributed by atoms with Gasteiger partial charge in [-0.15, -0.1) is 0 Å². The number of ether oxygens (including phenoxy) is 1. The van der Waals surface area contributed by atoms with Crippen molar-refractivity contribution in [2.45, 2.75) is 33.0 Å². The zero-order valence-electron chi connectivity index (χ0n) is 10.4. The molecule has 0 radical (unpaired) electrons. The van der Waals surface area contributed by atoms with Crippen molar-refractivity contribution in [3.05, 3.63) is 41.5 Å². The molecule has 0 amide bonds. The van der Waals surface area contributed by atoms with Crippen molar-refractivity contribution in [3.8, 4) is 0 Å². The largest absolute Gasteiger partial charge is 0.478 e. The Bertz CT molecular complexity index is 396. The molecule has 3 heteroatoms. The molecule has 92 valence electrons. The van der Waals surface area contributed by atoms with E-state index in [0.717, 1.165) is 17.2 Å². The van der Waals surface area contributed by atoms with Crippen molar-refractivity contribution in [3.63, 3.8) is 0 Å². The molecule has 0 spiro atoms. The van der Waals surface area contributed by atoms with E-state index < -0.39 is 5.97 Å². The van der Waals surface area contributed by atoms with Crippen LogP contribution in [0.15, 0.2) is 30.3 Å². The number of benzene rings is 1. The molecular weight excluding hydrogens is 216 g/mol. The van der Waals surface area contributed by atoms with E-state index in [-0.39, 0.29) is 5.60 Å². The summed E-state index contributed by atoms with van der Waals surface area (Å²) >= 11 is 0. The van der Waals surface area contributed by atoms with Crippen LogP contribution in [0.2, 0.25) is 0 Å². The van der Waals surface area contributed by atoms with Crippen LogP contribution in [-0.4, -0.2) is 16.7 Å². The second-order valence-electron chi connectivity index (χ2n) is 4.81. The van der Waals surface area contributed by atoms with Crippen LogP contribution in [0.3, 0.4) is 0 Å². The van der Waals surface area contributed by atoms with E-state index in [0.29, 0.717) is 6.61 Å². The fraction of sp³-hybridized carbons (Fsp3) is 0.357. The molecule has 0 saturated carbocycles. The van der Waals surface area contributed by atoms with E-state index in [1.165, 1.54) is 0 Å². The molecule has 3 nitrogen and oxygen atoms in total. The number of hydrogen-bond acceptors (Lipinski definition) is 2. The summed E-state index contributed by atoms with van der Waals surface area (Å²) in [6, 6.07) is 7.63. The van der Waals surface area contributed by atoms with Crippen molar-refractivity contribution >= 4 is 12.0 Å². The molecule has 0 saturated heterocycles. The zero-order chi connectivity index (χ0) is 12.9. The molecule has 1 aromatic carbocycles. The van der Waals surface area contributed by atoms with Gasteiger partial charge in [-0.2, -0.15) is 0 Å². The maximum absolute atomic E-state index is 10.3. The number of carboxylic acid groups (broad SMARTS) is 1. The maximum Gasteiger partial charge on any atom is 0.328 e. The fourth-order valence-electron chi connectivity index (χ4n) is 1.19. The van der Waals surface area contributed by atoms with Crippen LogP contribution in [0.5, 0.6) is 0 Å². The topological polar surface area (TPSA) is 46.5 Å². The van der Waals surface area contributed by atoms with Crippen LogP contribution in [0.25, 0.3) is 6.08 Å². The van der Waals surface area contributed by atoms with E-state index in [4.69, 9.17) is 9.84 Å². The van der Waals surface area contributed by atoms with Crippen molar-refractivity contribution in [2.75, 3.05) is 0 Å². The normalized spacial score (nSPS) is 11.9. The van der Waals surface area contributed by atoms with Crippen molar-refractivity contribution in [1.29, 1.82) is 0 Å². The summed E-state index contributed by atoms with van der Waals surface area (Å²) in [5.41, 5.74) is 1.79. The lowest BCUT2D eigenvalue weighted by molar-refractivity contribution is -0.131. The first-order valence-corrected chi connectivity index (χ1v) is 5.51. The SMILES string of the molecule is CC(C)(C)OCc1ccc(C=CC(=O)O)cc1. The molecule has 0 aliphatic rings. The van der Waals surface area contributed by atoms with Crippen LogP contribution in [0.1, 0.15) is 31.9 Å². The predicted molar refractivity (Wildman–Crippen MR) is 67.7 cm³/mol. The molecule has 1 N–H and O–H groups in total. The Hall–Kier alpha value is -1.61. The summed E-state index contributed by atoms with van der Waals surface area (Å²) in [6.07, 6.45) is 2.69. The van der Waals surface area contributed by atoms with Crippen LogP contribution in [-0.2, 0) is 16.1 Å². The minimum atomic E-state index is -0.940. The highest BCUT2D eigenvalue weighted by Gasteiger charge is 2.09. The highest BCUT2D eigenvalue weighted by molar-refractivity contribution is 5.85. The Labute approximate surface area is 102 Å². The first kappa shape index (κ1) is 13.5. The van der Waals surface area contributed by atoms with Gasteiger partial charge in [0.2, 0.25) is 0 Å². The van der Waals surface area contributed by atoms with Gasteiger partial charge in [-0.05, 0) is 38.0 Å². The van der Waals surface area contributed by atoms with Gasteiger partial charge in [0.15, 0.2) is 0 Å². The molecule has 0 aliphatic heterocycles. The van der Waals surface area contributed by atoms with Crippen molar-refractivity contribution in [1.82, 2.24) is 0 Å². The third kappa shape index (κ3) is 5.88. The third-order valence-electron chi connectivity index (χ3n) is 2.07. The Balaban J connectivity index is 2.59. The molecule has 1 rings (SSSR count). The molecule has 0 aliphatic carbocycles. The molecule has 0 atom stereocenters. The van der Waals surface area contributed by atoms with Gasteiger partial charge in [-0.1, -0.05) is 24.3 Å². The molecule has 17 heavy (non-hydrogen) atoms. The monoisotopic (exact) mass is 234 g/mol. The van der Waals surface area contributed by atoms with E-state index in [9.17, 15) is 4.79 Å². The lowest BCUT2D eigenvalue weighted by Crippen LogP contribution is -2.18. The maximum atomic E-state index is 10.3. The Morgan fingerprint density at radius 1 is 1.29 bits per heavy atom. The van der Waals surface area contributed by atoms with Crippen molar-refractivity contribution < 1.29 is 14.6 Å². The number of rotatable bonds is 4.